The molecule has 44 heavy (non-hydrogen) atoms. The van der Waals surface area contributed by atoms with Gasteiger partial charge in [0.15, 0.2) is 0 Å². The predicted octanol–water partition coefficient (Wildman–Crippen LogP) is 9.24. The first-order valence-electron chi connectivity index (χ1n) is 17.6. The fourth-order valence-corrected chi connectivity index (χ4v) is 6.01. The van der Waals surface area contributed by atoms with Crippen LogP contribution in [0.25, 0.3) is 0 Å². The predicted molar refractivity (Wildman–Crippen MR) is 178 cm³/mol. The average Bonchev–Trinajstić information content (AvgIpc) is 3.30. The Hall–Kier alpha value is -2.35. The van der Waals surface area contributed by atoms with Crippen molar-refractivity contribution in [2.24, 2.45) is 0 Å². The molecule has 2 amide bonds. The lowest BCUT2D eigenvalue weighted by Crippen LogP contribution is -2.40. The summed E-state index contributed by atoms with van der Waals surface area (Å²) in [6, 6.07) is 3.93. The molecule has 252 valence electrons. The second kappa shape index (κ2) is 21.4. The average molecular weight is 618 g/mol. The van der Waals surface area contributed by atoms with E-state index in [1.807, 2.05) is 39.8 Å². The van der Waals surface area contributed by atoms with Crippen LogP contribution in [-0.4, -0.2) is 48.1 Å². The maximum atomic E-state index is 12.3. The molecule has 2 rings (SSSR count). The monoisotopic (exact) mass is 617 g/mol. The van der Waals surface area contributed by atoms with Gasteiger partial charge in [0, 0.05) is 12.2 Å². The van der Waals surface area contributed by atoms with E-state index in [-0.39, 0.29) is 13.2 Å². The Morgan fingerprint density at radius 1 is 0.727 bits per heavy atom. The van der Waals surface area contributed by atoms with Crippen LogP contribution in [0.2, 0.25) is 0 Å². The molecule has 1 fully saturated rings. The quantitative estimate of drug-likeness (QED) is 0.119. The number of unbranched alkanes of at least 4 members (excludes halogenated alkanes) is 15. The van der Waals surface area contributed by atoms with Gasteiger partial charge in [0.25, 0.3) is 0 Å². The Morgan fingerprint density at radius 2 is 1.18 bits per heavy atom. The molecule has 0 aromatic carbocycles. The molecule has 2 unspecified atom stereocenters. The summed E-state index contributed by atoms with van der Waals surface area (Å²) in [6.45, 7) is 11.3. The molecule has 0 radical (unpaired) electrons. The van der Waals surface area contributed by atoms with Crippen molar-refractivity contribution in [3.8, 4) is 0 Å². The number of hydrogen-bond acceptors (Lipinski definition) is 6. The van der Waals surface area contributed by atoms with Gasteiger partial charge in [-0.2, -0.15) is 0 Å². The fourth-order valence-electron chi connectivity index (χ4n) is 6.01. The number of amides is 2. The fraction of sp³-hybridized carbons (Fsp3) is 0.806. The first-order chi connectivity index (χ1) is 21.1. The third-order valence-corrected chi connectivity index (χ3v) is 8.56. The minimum atomic E-state index is -0.627. The minimum Gasteiger partial charge on any atom is -0.447 e. The zero-order valence-corrected chi connectivity index (χ0v) is 28.7. The summed E-state index contributed by atoms with van der Waals surface area (Å²) < 4.78 is 17.2. The van der Waals surface area contributed by atoms with Gasteiger partial charge in [0.2, 0.25) is 0 Å². The third kappa shape index (κ3) is 17.2. The lowest BCUT2D eigenvalue weighted by molar-refractivity contribution is -0.126. The largest absolute Gasteiger partial charge is 0.447 e. The SMILES string of the molecule is CCCCCCCCCCCCCCCCCCNC(=O)OCC1(C)CCC(C)(COC(=O)NCc2cc(C)cc(C)n2)O1. The highest BCUT2D eigenvalue weighted by molar-refractivity contribution is 5.67. The summed E-state index contributed by atoms with van der Waals surface area (Å²) in [7, 11) is 0. The zero-order valence-electron chi connectivity index (χ0n) is 28.7. The first-order valence-corrected chi connectivity index (χ1v) is 17.6. The van der Waals surface area contributed by atoms with Gasteiger partial charge in [-0.1, -0.05) is 103 Å². The summed E-state index contributed by atoms with van der Waals surface area (Å²) in [5.41, 5.74) is 1.57. The highest BCUT2D eigenvalue weighted by Gasteiger charge is 2.45. The Kier molecular flexibility index (Phi) is 18.4. The summed E-state index contributed by atoms with van der Waals surface area (Å²) >= 11 is 0. The van der Waals surface area contributed by atoms with E-state index in [0.29, 0.717) is 25.9 Å². The van der Waals surface area contributed by atoms with Crippen LogP contribution < -0.4 is 10.6 Å². The van der Waals surface area contributed by atoms with Crippen LogP contribution in [0.5, 0.6) is 0 Å². The lowest BCUT2D eigenvalue weighted by Gasteiger charge is -2.29. The number of pyridine rings is 1. The number of nitrogens with one attached hydrogen (secondary N) is 2. The number of aromatic nitrogens is 1. The van der Waals surface area contributed by atoms with Crippen molar-refractivity contribution >= 4 is 12.2 Å². The van der Waals surface area contributed by atoms with E-state index in [1.54, 1.807) is 0 Å². The van der Waals surface area contributed by atoms with Crippen molar-refractivity contribution in [1.29, 1.82) is 0 Å². The molecule has 2 heterocycles. The lowest BCUT2D eigenvalue weighted by atomic mass is 9.99. The first kappa shape index (κ1) is 37.8. The summed E-state index contributed by atoms with van der Waals surface area (Å²) in [6.07, 6.45) is 21.8. The maximum absolute atomic E-state index is 12.3. The van der Waals surface area contributed by atoms with Crippen LogP contribution >= 0.6 is 0 Å². The van der Waals surface area contributed by atoms with E-state index in [1.165, 1.54) is 89.9 Å². The molecule has 1 saturated heterocycles. The normalized spacial score (nSPS) is 19.6. The number of hydrogen-bond donors (Lipinski definition) is 2. The molecule has 0 spiro atoms. The van der Waals surface area contributed by atoms with E-state index < -0.39 is 23.4 Å². The summed E-state index contributed by atoms with van der Waals surface area (Å²) in [4.78, 5) is 28.9. The van der Waals surface area contributed by atoms with E-state index in [9.17, 15) is 9.59 Å². The Morgan fingerprint density at radius 3 is 1.66 bits per heavy atom. The second-order valence-corrected chi connectivity index (χ2v) is 13.5. The van der Waals surface area contributed by atoms with Crippen molar-refractivity contribution in [1.82, 2.24) is 15.6 Å². The van der Waals surface area contributed by atoms with Gasteiger partial charge in [0.1, 0.15) is 24.4 Å². The van der Waals surface area contributed by atoms with Crippen molar-refractivity contribution in [2.45, 2.75) is 168 Å². The number of rotatable bonds is 23. The van der Waals surface area contributed by atoms with E-state index >= 15 is 0 Å². The third-order valence-electron chi connectivity index (χ3n) is 8.56. The highest BCUT2D eigenvalue weighted by Crippen LogP contribution is 2.38. The number of ether oxygens (including phenoxy) is 3. The molecule has 0 saturated carbocycles. The van der Waals surface area contributed by atoms with Crippen molar-refractivity contribution < 1.29 is 23.8 Å². The molecular formula is C36H63N3O5. The number of aryl methyl sites for hydroxylation is 2. The van der Waals surface area contributed by atoms with Crippen molar-refractivity contribution in [3.63, 3.8) is 0 Å². The van der Waals surface area contributed by atoms with Gasteiger partial charge in [-0.3, -0.25) is 4.98 Å². The topological polar surface area (TPSA) is 98.8 Å². The number of carbonyl (C=O) groups excluding carboxylic acids is 2. The van der Waals surface area contributed by atoms with Gasteiger partial charge < -0.3 is 24.8 Å². The smallest absolute Gasteiger partial charge is 0.407 e. The number of carbonyl (C=O) groups is 2. The molecule has 8 nitrogen and oxygen atoms in total. The van der Waals surface area contributed by atoms with Gasteiger partial charge in [-0.05, 0) is 64.7 Å². The molecule has 0 aliphatic carbocycles. The Balaban J connectivity index is 1.44. The van der Waals surface area contributed by atoms with E-state index in [0.717, 1.165) is 29.8 Å². The van der Waals surface area contributed by atoms with Crippen molar-refractivity contribution in [2.75, 3.05) is 19.8 Å². The Bertz CT molecular complexity index is 937. The van der Waals surface area contributed by atoms with E-state index in [2.05, 4.69) is 22.5 Å². The molecule has 1 aromatic rings. The molecule has 2 atom stereocenters. The van der Waals surface area contributed by atoms with Gasteiger partial charge >= 0.3 is 12.2 Å². The summed E-state index contributed by atoms with van der Waals surface area (Å²) in [5.74, 6) is 0. The van der Waals surface area contributed by atoms with Gasteiger partial charge in [0.05, 0.1) is 12.2 Å². The van der Waals surface area contributed by atoms with Crippen molar-refractivity contribution in [3.05, 3.63) is 29.1 Å². The van der Waals surface area contributed by atoms with Crippen LogP contribution in [-0.2, 0) is 20.8 Å². The van der Waals surface area contributed by atoms with Gasteiger partial charge in [-0.15, -0.1) is 0 Å². The number of alkyl carbamates (subject to hydrolysis) is 2. The maximum Gasteiger partial charge on any atom is 0.407 e. The van der Waals surface area contributed by atoms with Crippen LogP contribution in [0, 0.1) is 13.8 Å². The molecule has 1 aromatic heterocycles. The molecule has 2 N–H and O–H groups in total. The van der Waals surface area contributed by atoms with E-state index in [4.69, 9.17) is 14.2 Å². The minimum absolute atomic E-state index is 0.125. The summed E-state index contributed by atoms with van der Waals surface area (Å²) in [5, 5.41) is 5.62. The van der Waals surface area contributed by atoms with Gasteiger partial charge in [-0.25, -0.2) is 9.59 Å². The second-order valence-electron chi connectivity index (χ2n) is 13.5. The van der Waals surface area contributed by atoms with Crippen LogP contribution in [0.3, 0.4) is 0 Å². The molecule has 1 aliphatic rings. The Labute approximate surface area is 268 Å². The zero-order chi connectivity index (χ0) is 32.1. The molecule has 8 heteroatoms. The number of nitrogens with zero attached hydrogens (tertiary/aromatic N) is 1. The van der Waals surface area contributed by atoms with Crippen LogP contribution in [0.15, 0.2) is 12.1 Å². The molecule has 0 bridgehead atoms. The van der Waals surface area contributed by atoms with Crippen LogP contribution in [0.1, 0.15) is 153 Å². The highest BCUT2D eigenvalue weighted by atomic mass is 16.6. The standard InChI is InChI=1S/C36H63N3O5/c1-6-7-8-9-10-11-12-13-14-15-16-17-18-19-20-21-24-37-33(40)42-28-35(4)22-23-36(5,44-35)29-43-34(41)38-27-32-26-30(2)25-31(3)39-32/h25-26H,6-24,27-29H2,1-5H3,(H,37,40)(H,38,41). The molecular weight excluding hydrogens is 554 g/mol. The van der Waals surface area contributed by atoms with Crippen LogP contribution in [0.4, 0.5) is 9.59 Å². The molecule has 1 aliphatic heterocycles.